The molecular formula is C29H30N4O4. The van der Waals surface area contributed by atoms with E-state index in [0.29, 0.717) is 30.0 Å². The highest BCUT2D eigenvalue weighted by atomic mass is 16.5. The Labute approximate surface area is 216 Å². The summed E-state index contributed by atoms with van der Waals surface area (Å²) in [4.78, 5) is 43.1. The van der Waals surface area contributed by atoms with Gasteiger partial charge in [0.25, 0.3) is 5.91 Å². The normalized spacial score (nSPS) is 19.6. The van der Waals surface area contributed by atoms with Crippen molar-refractivity contribution in [3.63, 3.8) is 0 Å². The fraction of sp³-hybridized carbons (Fsp3) is 0.276. The molecule has 2 saturated heterocycles. The number of nitrogens with zero attached hydrogens (tertiary/aromatic N) is 2. The first-order valence-corrected chi connectivity index (χ1v) is 12.4. The minimum atomic E-state index is -1.41. The highest BCUT2D eigenvalue weighted by Crippen LogP contribution is 2.36. The maximum atomic E-state index is 13.9. The molecule has 1 atom stereocenters. The summed E-state index contributed by atoms with van der Waals surface area (Å²) in [6.07, 6.45) is 0. The molecule has 8 nitrogen and oxygen atoms in total. The van der Waals surface area contributed by atoms with E-state index in [1.807, 2.05) is 86.6 Å². The topological polar surface area (TPSA) is 91.0 Å². The number of aryl methyl sites for hydroxylation is 2. The number of hydrogen-bond donors (Lipinski definition) is 2. The van der Waals surface area contributed by atoms with Crippen molar-refractivity contribution >= 4 is 29.2 Å². The first kappa shape index (κ1) is 24.5. The molecule has 0 unspecified atom stereocenters. The molecule has 0 aliphatic carbocycles. The molecule has 0 spiro atoms. The van der Waals surface area contributed by atoms with Crippen LogP contribution in [0.4, 0.5) is 16.2 Å². The standard InChI is InChI=1S/C29H30N4O4/c1-20-8-9-23(18-21(20)2)29(22-6-4-3-5-7-22)27(35)33(28(36)31-29)19-26(34)30-24-10-12-25(13-11-24)32-14-16-37-17-15-32/h3-13,18H,14-17,19H2,1-2H3,(H,30,34)(H,31,36)/t29-/m0/s1. The number of carbonyl (C=O) groups excluding carboxylic acids is 3. The Morgan fingerprint density at radius 3 is 2.30 bits per heavy atom. The Kier molecular flexibility index (Phi) is 6.67. The molecule has 8 heteroatoms. The summed E-state index contributed by atoms with van der Waals surface area (Å²) in [5.74, 6) is -0.934. The molecular weight excluding hydrogens is 468 g/mol. The molecule has 2 fully saturated rings. The second-order valence-corrected chi connectivity index (χ2v) is 9.43. The lowest BCUT2D eigenvalue weighted by Crippen LogP contribution is -2.45. The number of urea groups is 1. The van der Waals surface area contributed by atoms with Gasteiger partial charge in [0.05, 0.1) is 13.2 Å². The van der Waals surface area contributed by atoms with Crippen molar-refractivity contribution in [3.8, 4) is 0 Å². The van der Waals surface area contributed by atoms with Crippen LogP contribution in [0.1, 0.15) is 22.3 Å². The van der Waals surface area contributed by atoms with Gasteiger partial charge in [0, 0.05) is 24.5 Å². The first-order chi connectivity index (χ1) is 17.9. The van der Waals surface area contributed by atoms with Crippen LogP contribution in [0, 0.1) is 13.8 Å². The SMILES string of the molecule is Cc1ccc([C@]2(c3ccccc3)NC(=O)N(CC(=O)Nc3ccc(N4CCOCC4)cc3)C2=O)cc1C. The highest BCUT2D eigenvalue weighted by Gasteiger charge is 2.54. The Balaban J connectivity index is 1.36. The van der Waals surface area contributed by atoms with Gasteiger partial charge in [0.2, 0.25) is 5.91 Å². The zero-order chi connectivity index (χ0) is 26.0. The minimum absolute atomic E-state index is 0.394. The number of carbonyl (C=O) groups is 3. The maximum Gasteiger partial charge on any atom is 0.326 e. The van der Waals surface area contributed by atoms with Crippen molar-refractivity contribution in [2.24, 2.45) is 0 Å². The van der Waals surface area contributed by atoms with E-state index in [0.717, 1.165) is 34.8 Å². The van der Waals surface area contributed by atoms with Crippen molar-refractivity contribution in [2.75, 3.05) is 43.1 Å². The van der Waals surface area contributed by atoms with E-state index in [4.69, 9.17) is 4.74 Å². The quantitative estimate of drug-likeness (QED) is 0.507. The summed E-state index contributed by atoms with van der Waals surface area (Å²) in [6, 6.07) is 21.7. The summed E-state index contributed by atoms with van der Waals surface area (Å²) in [5.41, 5.74) is 3.62. The van der Waals surface area contributed by atoms with Gasteiger partial charge in [-0.05, 0) is 60.4 Å². The summed E-state index contributed by atoms with van der Waals surface area (Å²) < 4.78 is 5.40. The minimum Gasteiger partial charge on any atom is -0.378 e. The molecule has 3 aromatic rings. The van der Waals surface area contributed by atoms with Crippen molar-refractivity contribution in [2.45, 2.75) is 19.4 Å². The monoisotopic (exact) mass is 498 g/mol. The third kappa shape index (κ3) is 4.68. The van der Waals surface area contributed by atoms with Crippen LogP contribution in [-0.2, 0) is 19.9 Å². The predicted molar refractivity (Wildman–Crippen MR) is 141 cm³/mol. The summed E-state index contributed by atoms with van der Waals surface area (Å²) in [7, 11) is 0. The molecule has 0 radical (unpaired) electrons. The highest BCUT2D eigenvalue weighted by molar-refractivity contribution is 6.12. The Hall–Kier alpha value is -4.17. The van der Waals surface area contributed by atoms with Gasteiger partial charge in [0.15, 0.2) is 5.54 Å². The molecule has 2 N–H and O–H groups in total. The van der Waals surface area contributed by atoms with E-state index >= 15 is 0 Å². The van der Waals surface area contributed by atoms with Crippen LogP contribution in [0.15, 0.2) is 72.8 Å². The molecule has 2 heterocycles. The molecule has 37 heavy (non-hydrogen) atoms. The van der Waals surface area contributed by atoms with Crippen molar-refractivity contribution in [1.82, 2.24) is 10.2 Å². The van der Waals surface area contributed by atoms with Gasteiger partial charge in [-0.1, -0.05) is 48.5 Å². The molecule has 0 aromatic heterocycles. The summed E-state index contributed by atoms with van der Waals surface area (Å²) in [5, 5.41) is 5.71. The lowest BCUT2D eigenvalue weighted by atomic mass is 9.81. The smallest absolute Gasteiger partial charge is 0.326 e. The van der Waals surface area contributed by atoms with E-state index < -0.39 is 29.9 Å². The molecule has 3 aromatic carbocycles. The number of ether oxygens (including phenoxy) is 1. The van der Waals surface area contributed by atoms with E-state index in [2.05, 4.69) is 15.5 Å². The lowest BCUT2D eigenvalue weighted by molar-refractivity contribution is -0.133. The molecule has 5 rings (SSSR count). The number of hydrogen-bond acceptors (Lipinski definition) is 5. The summed E-state index contributed by atoms with van der Waals surface area (Å²) in [6.45, 7) is 6.59. The van der Waals surface area contributed by atoms with Crippen LogP contribution in [0.25, 0.3) is 0 Å². The number of morpholine rings is 1. The van der Waals surface area contributed by atoms with E-state index in [9.17, 15) is 14.4 Å². The molecule has 0 saturated carbocycles. The molecule has 190 valence electrons. The van der Waals surface area contributed by atoms with Crippen LogP contribution in [-0.4, -0.2) is 55.6 Å². The number of nitrogens with one attached hydrogen (secondary N) is 2. The third-order valence-corrected chi connectivity index (χ3v) is 7.08. The number of amides is 4. The fourth-order valence-corrected chi connectivity index (χ4v) is 4.86. The van der Waals surface area contributed by atoms with Crippen molar-refractivity contribution < 1.29 is 19.1 Å². The van der Waals surface area contributed by atoms with E-state index in [1.54, 1.807) is 0 Å². The van der Waals surface area contributed by atoms with Gasteiger partial charge < -0.3 is 20.3 Å². The Morgan fingerprint density at radius 1 is 0.919 bits per heavy atom. The van der Waals surface area contributed by atoms with Gasteiger partial charge in [-0.25, -0.2) is 4.79 Å². The predicted octanol–water partition coefficient (Wildman–Crippen LogP) is 3.57. The second kappa shape index (κ2) is 10.1. The summed E-state index contributed by atoms with van der Waals surface area (Å²) >= 11 is 0. The van der Waals surface area contributed by atoms with E-state index in [1.165, 1.54) is 0 Å². The lowest BCUT2D eigenvalue weighted by Gasteiger charge is -2.29. The van der Waals surface area contributed by atoms with Crippen molar-refractivity contribution in [1.29, 1.82) is 0 Å². The Morgan fingerprint density at radius 2 is 1.62 bits per heavy atom. The second-order valence-electron chi connectivity index (χ2n) is 9.43. The maximum absolute atomic E-state index is 13.9. The number of imide groups is 1. The number of anilines is 2. The van der Waals surface area contributed by atoms with Gasteiger partial charge >= 0.3 is 6.03 Å². The van der Waals surface area contributed by atoms with Crippen LogP contribution >= 0.6 is 0 Å². The van der Waals surface area contributed by atoms with Gasteiger partial charge in [0.1, 0.15) is 6.54 Å². The average molecular weight is 499 g/mol. The van der Waals surface area contributed by atoms with Crippen LogP contribution < -0.4 is 15.5 Å². The van der Waals surface area contributed by atoms with Gasteiger partial charge in [-0.15, -0.1) is 0 Å². The first-order valence-electron chi connectivity index (χ1n) is 12.4. The van der Waals surface area contributed by atoms with Crippen LogP contribution in [0.2, 0.25) is 0 Å². The molecule has 2 aliphatic rings. The van der Waals surface area contributed by atoms with Crippen LogP contribution in [0.5, 0.6) is 0 Å². The number of benzene rings is 3. The zero-order valence-corrected chi connectivity index (χ0v) is 21.0. The third-order valence-electron chi connectivity index (χ3n) is 7.08. The van der Waals surface area contributed by atoms with Gasteiger partial charge in [-0.2, -0.15) is 0 Å². The number of rotatable bonds is 6. The fourth-order valence-electron chi connectivity index (χ4n) is 4.86. The average Bonchev–Trinajstić information content (AvgIpc) is 3.17. The largest absolute Gasteiger partial charge is 0.378 e. The van der Waals surface area contributed by atoms with E-state index in [-0.39, 0.29) is 0 Å². The van der Waals surface area contributed by atoms with Crippen LogP contribution in [0.3, 0.4) is 0 Å². The molecule has 0 bridgehead atoms. The zero-order valence-electron chi connectivity index (χ0n) is 21.0. The Bertz CT molecular complexity index is 1320. The van der Waals surface area contributed by atoms with Gasteiger partial charge in [-0.3, -0.25) is 14.5 Å². The molecule has 4 amide bonds. The molecule has 2 aliphatic heterocycles. The van der Waals surface area contributed by atoms with Crippen molar-refractivity contribution in [3.05, 3.63) is 95.1 Å².